The summed E-state index contributed by atoms with van der Waals surface area (Å²) in [6, 6.07) is 14.8. The summed E-state index contributed by atoms with van der Waals surface area (Å²) in [5.74, 6) is -0.519. The average molecular weight is 368 g/mol. The fourth-order valence-corrected chi connectivity index (χ4v) is 3.37. The minimum atomic E-state index is -0.662. The summed E-state index contributed by atoms with van der Waals surface area (Å²) >= 11 is 0. The highest BCUT2D eigenvalue weighted by Gasteiger charge is 2.28. The van der Waals surface area contributed by atoms with E-state index in [1.165, 1.54) is 12.1 Å². The molecule has 0 aliphatic carbocycles. The van der Waals surface area contributed by atoms with Gasteiger partial charge in [-0.25, -0.2) is 4.39 Å². The zero-order chi connectivity index (χ0) is 19.1. The van der Waals surface area contributed by atoms with E-state index in [1.807, 2.05) is 35.2 Å². The monoisotopic (exact) mass is 368 g/mol. The summed E-state index contributed by atoms with van der Waals surface area (Å²) in [6.07, 6.45) is 3.91. The van der Waals surface area contributed by atoms with Crippen molar-refractivity contribution in [1.29, 1.82) is 0 Å². The van der Waals surface area contributed by atoms with Crippen LogP contribution in [0.25, 0.3) is 0 Å². The van der Waals surface area contributed by atoms with Crippen molar-refractivity contribution in [2.75, 3.05) is 13.1 Å². The van der Waals surface area contributed by atoms with Gasteiger partial charge in [-0.15, -0.1) is 0 Å². The second kappa shape index (κ2) is 9.31. The Balaban J connectivity index is 1.66. The molecule has 1 fully saturated rings. The number of rotatable bonds is 6. The first-order chi connectivity index (χ1) is 13.1. The Morgan fingerprint density at radius 3 is 2.30 bits per heavy atom. The third kappa shape index (κ3) is 5.39. The summed E-state index contributed by atoms with van der Waals surface area (Å²) in [7, 11) is 0. The fraction of sp³-hybridized carbons (Fsp3) is 0.364. The molecule has 5 heteroatoms. The first-order valence-corrected chi connectivity index (χ1v) is 9.51. The van der Waals surface area contributed by atoms with E-state index >= 15 is 0 Å². The summed E-state index contributed by atoms with van der Waals surface area (Å²) < 4.78 is 13.0. The molecule has 3 rings (SSSR count). The third-order valence-corrected chi connectivity index (χ3v) is 4.91. The molecule has 0 saturated carbocycles. The predicted octanol–water partition coefficient (Wildman–Crippen LogP) is 3.63. The summed E-state index contributed by atoms with van der Waals surface area (Å²) in [4.78, 5) is 27.4. The number of halogens is 1. The number of carbonyl (C=O) groups is 2. The summed E-state index contributed by atoms with van der Waals surface area (Å²) in [5, 5.41) is 2.91. The van der Waals surface area contributed by atoms with Crippen molar-refractivity contribution >= 4 is 11.8 Å². The molecule has 1 unspecified atom stereocenters. The lowest BCUT2D eigenvalue weighted by atomic mass is 10.0. The highest BCUT2D eigenvalue weighted by Crippen LogP contribution is 2.19. The number of benzene rings is 2. The topological polar surface area (TPSA) is 49.4 Å². The standard InChI is InChI=1S/C22H25FN2O2/c23-19-12-9-17(10-13-19)11-14-20(26)24-21(18-7-3-1-4-8-18)22(27)25-15-5-2-6-16-25/h1,3-4,7-10,12-13,21H,2,5-6,11,14-16H2,(H,24,26). The van der Waals surface area contributed by atoms with Crippen molar-refractivity contribution in [2.45, 2.75) is 38.1 Å². The minimum Gasteiger partial charge on any atom is -0.341 e. The van der Waals surface area contributed by atoms with Crippen LogP contribution < -0.4 is 5.32 Å². The van der Waals surface area contributed by atoms with Crippen LogP contribution in [0.3, 0.4) is 0 Å². The van der Waals surface area contributed by atoms with Crippen LogP contribution in [0.1, 0.15) is 42.9 Å². The van der Waals surface area contributed by atoms with Crippen LogP contribution >= 0.6 is 0 Å². The van der Waals surface area contributed by atoms with E-state index in [0.29, 0.717) is 6.42 Å². The molecule has 27 heavy (non-hydrogen) atoms. The maximum Gasteiger partial charge on any atom is 0.249 e. The van der Waals surface area contributed by atoms with Gasteiger partial charge < -0.3 is 10.2 Å². The zero-order valence-corrected chi connectivity index (χ0v) is 15.4. The lowest BCUT2D eigenvalue weighted by Crippen LogP contribution is -2.45. The number of aryl methyl sites for hydroxylation is 1. The molecule has 2 amide bonds. The van der Waals surface area contributed by atoms with Crippen LogP contribution in [0.2, 0.25) is 0 Å². The Labute approximate surface area is 159 Å². The number of piperidine rings is 1. The molecule has 2 aromatic carbocycles. The van der Waals surface area contributed by atoms with Gasteiger partial charge in [0.1, 0.15) is 11.9 Å². The van der Waals surface area contributed by atoms with Gasteiger partial charge in [0.25, 0.3) is 0 Å². The highest BCUT2D eigenvalue weighted by molar-refractivity contribution is 5.88. The zero-order valence-electron chi connectivity index (χ0n) is 15.4. The lowest BCUT2D eigenvalue weighted by Gasteiger charge is -2.31. The van der Waals surface area contributed by atoms with Crippen molar-refractivity contribution in [3.05, 3.63) is 71.5 Å². The van der Waals surface area contributed by atoms with E-state index in [2.05, 4.69) is 5.32 Å². The molecule has 0 bridgehead atoms. The Bertz CT molecular complexity index is 756. The Morgan fingerprint density at radius 2 is 1.63 bits per heavy atom. The number of likely N-dealkylation sites (tertiary alicyclic amines) is 1. The third-order valence-electron chi connectivity index (χ3n) is 4.91. The van der Waals surface area contributed by atoms with Crippen LogP contribution in [0.15, 0.2) is 54.6 Å². The first-order valence-electron chi connectivity index (χ1n) is 9.51. The molecule has 1 saturated heterocycles. The van der Waals surface area contributed by atoms with E-state index < -0.39 is 6.04 Å². The maximum atomic E-state index is 13.0. The Hall–Kier alpha value is -2.69. The van der Waals surface area contributed by atoms with Crippen molar-refractivity contribution in [2.24, 2.45) is 0 Å². The first kappa shape index (κ1) is 19.1. The molecule has 4 nitrogen and oxygen atoms in total. The van der Waals surface area contributed by atoms with Crippen LogP contribution in [0.4, 0.5) is 4.39 Å². The van der Waals surface area contributed by atoms with Gasteiger partial charge in [-0.2, -0.15) is 0 Å². The molecule has 142 valence electrons. The van der Waals surface area contributed by atoms with Gasteiger partial charge in [0.2, 0.25) is 11.8 Å². The average Bonchev–Trinajstić information content (AvgIpc) is 2.72. The van der Waals surface area contributed by atoms with Gasteiger partial charge in [0, 0.05) is 19.5 Å². The van der Waals surface area contributed by atoms with E-state index in [1.54, 1.807) is 12.1 Å². The number of nitrogens with zero attached hydrogens (tertiary/aromatic N) is 1. The molecule has 0 spiro atoms. The number of amides is 2. The fourth-order valence-electron chi connectivity index (χ4n) is 3.37. The van der Waals surface area contributed by atoms with Crippen LogP contribution in [-0.4, -0.2) is 29.8 Å². The Kier molecular flexibility index (Phi) is 6.58. The highest BCUT2D eigenvalue weighted by atomic mass is 19.1. The largest absolute Gasteiger partial charge is 0.341 e. The van der Waals surface area contributed by atoms with Gasteiger partial charge in [0.05, 0.1) is 0 Å². The van der Waals surface area contributed by atoms with Gasteiger partial charge in [-0.05, 0) is 48.9 Å². The van der Waals surface area contributed by atoms with Crippen LogP contribution in [0.5, 0.6) is 0 Å². The van der Waals surface area contributed by atoms with E-state index in [0.717, 1.165) is 43.5 Å². The molecule has 2 aromatic rings. The van der Waals surface area contributed by atoms with E-state index in [4.69, 9.17) is 0 Å². The summed E-state index contributed by atoms with van der Waals surface area (Å²) in [6.45, 7) is 1.49. The van der Waals surface area contributed by atoms with Gasteiger partial charge in [0.15, 0.2) is 0 Å². The van der Waals surface area contributed by atoms with Gasteiger partial charge in [-0.3, -0.25) is 9.59 Å². The molecule has 0 radical (unpaired) electrons. The second-order valence-corrected chi connectivity index (χ2v) is 6.92. The molecular formula is C22H25FN2O2. The van der Waals surface area contributed by atoms with Crippen molar-refractivity contribution < 1.29 is 14.0 Å². The number of carbonyl (C=O) groups excluding carboxylic acids is 2. The number of nitrogens with one attached hydrogen (secondary N) is 1. The molecule has 1 aliphatic heterocycles. The van der Waals surface area contributed by atoms with Crippen LogP contribution in [-0.2, 0) is 16.0 Å². The predicted molar refractivity (Wildman–Crippen MR) is 102 cm³/mol. The number of hydrogen-bond acceptors (Lipinski definition) is 2. The summed E-state index contributed by atoms with van der Waals surface area (Å²) in [5.41, 5.74) is 1.69. The second-order valence-electron chi connectivity index (χ2n) is 6.92. The van der Waals surface area contributed by atoms with Crippen molar-refractivity contribution in [3.63, 3.8) is 0 Å². The number of hydrogen-bond donors (Lipinski definition) is 1. The molecule has 1 heterocycles. The van der Waals surface area contributed by atoms with Gasteiger partial charge in [-0.1, -0.05) is 42.5 Å². The molecule has 1 atom stereocenters. The minimum absolute atomic E-state index is 0.0453. The van der Waals surface area contributed by atoms with Crippen molar-refractivity contribution in [1.82, 2.24) is 10.2 Å². The quantitative estimate of drug-likeness (QED) is 0.846. The smallest absolute Gasteiger partial charge is 0.249 e. The lowest BCUT2D eigenvalue weighted by molar-refractivity contribution is -0.137. The normalized spacial score (nSPS) is 15.2. The van der Waals surface area contributed by atoms with Gasteiger partial charge >= 0.3 is 0 Å². The molecule has 1 aliphatic rings. The SMILES string of the molecule is O=C(CCc1ccc(F)cc1)NC(C(=O)N1CCCCC1)c1ccccc1. The van der Waals surface area contributed by atoms with Crippen molar-refractivity contribution in [3.8, 4) is 0 Å². The van der Waals surface area contributed by atoms with E-state index in [-0.39, 0.29) is 24.1 Å². The van der Waals surface area contributed by atoms with Crippen LogP contribution in [0, 0.1) is 5.82 Å². The molecule has 1 N–H and O–H groups in total. The Morgan fingerprint density at radius 1 is 0.963 bits per heavy atom. The molecular weight excluding hydrogens is 343 g/mol. The van der Waals surface area contributed by atoms with E-state index in [9.17, 15) is 14.0 Å². The maximum absolute atomic E-state index is 13.0. The molecule has 0 aromatic heterocycles.